The molecule has 2 heterocycles. The van der Waals surface area contributed by atoms with Crippen molar-refractivity contribution in [1.29, 1.82) is 0 Å². The predicted molar refractivity (Wildman–Crippen MR) is 152 cm³/mol. The Morgan fingerprint density at radius 1 is 0.949 bits per heavy atom. The minimum atomic E-state index is -4.00. The molecule has 5 rings (SSSR count). The first kappa shape index (κ1) is 29.3. The van der Waals surface area contributed by atoms with Crippen LogP contribution in [0, 0.1) is 0 Å². The number of amides is 1. The molecule has 13 heteroatoms. The third-order valence-corrected chi connectivity index (χ3v) is 7.55. The number of carbonyl (C=O) groups is 1. The molecule has 1 fully saturated rings. The SMILES string of the molecule is O=C(NN1CCOCC1)C1=NN(c2ccc(Cl)cc2Cl)C(c2ccc(Cl)cc2)C1.O=S(=O)(O)c1ccccc1. The zero-order valence-corrected chi connectivity index (χ0v) is 23.6. The molecule has 39 heavy (non-hydrogen) atoms. The van der Waals surface area contributed by atoms with Crippen molar-refractivity contribution in [2.75, 3.05) is 31.3 Å². The third-order valence-electron chi connectivity index (χ3n) is 5.90. The van der Waals surface area contributed by atoms with Crippen molar-refractivity contribution in [3.8, 4) is 0 Å². The van der Waals surface area contributed by atoms with Gasteiger partial charge in [0, 0.05) is 29.6 Å². The monoisotopic (exact) mass is 610 g/mol. The highest BCUT2D eigenvalue weighted by atomic mass is 35.5. The molecule has 0 spiro atoms. The van der Waals surface area contributed by atoms with Gasteiger partial charge >= 0.3 is 0 Å². The second kappa shape index (κ2) is 13.1. The second-order valence-corrected chi connectivity index (χ2v) is 11.3. The average Bonchev–Trinajstić information content (AvgIpc) is 3.35. The molecular formula is C26H25Cl3N4O5S. The predicted octanol–water partition coefficient (Wildman–Crippen LogP) is 5.25. The van der Waals surface area contributed by atoms with Gasteiger partial charge in [0.25, 0.3) is 16.0 Å². The van der Waals surface area contributed by atoms with Crippen LogP contribution in [-0.2, 0) is 19.6 Å². The number of hydrogen-bond acceptors (Lipinski definition) is 7. The maximum Gasteiger partial charge on any atom is 0.294 e. The highest BCUT2D eigenvalue weighted by Gasteiger charge is 2.34. The number of morpholine rings is 1. The van der Waals surface area contributed by atoms with Gasteiger partial charge in [-0.25, -0.2) is 5.01 Å². The molecule has 0 aromatic heterocycles. The molecule has 1 unspecified atom stereocenters. The Labute approximate surface area is 241 Å². The summed E-state index contributed by atoms with van der Waals surface area (Å²) in [6, 6.07) is 20.0. The van der Waals surface area contributed by atoms with Crippen LogP contribution < -0.4 is 10.4 Å². The first-order valence-electron chi connectivity index (χ1n) is 11.9. The lowest BCUT2D eigenvalue weighted by Gasteiger charge is -2.26. The topological polar surface area (TPSA) is 112 Å². The van der Waals surface area contributed by atoms with Crippen LogP contribution in [0.4, 0.5) is 5.69 Å². The van der Waals surface area contributed by atoms with Gasteiger partial charge in [-0.1, -0.05) is 65.1 Å². The first-order chi connectivity index (χ1) is 18.6. The Morgan fingerprint density at radius 3 is 2.18 bits per heavy atom. The van der Waals surface area contributed by atoms with E-state index < -0.39 is 10.1 Å². The molecule has 206 valence electrons. The van der Waals surface area contributed by atoms with E-state index in [1.165, 1.54) is 12.1 Å². The van der Waals surface area contributed by atoms with Crippen LogP contribution >= 0.6 is 34.8 Å². The number of halogens is 3. The van der Waals surface area contributed by atoms with Gasteiger partial charge in [-0.05, 0) is 48.0 Å². The number of carbonyl (C=O) groups excluding carboxylic acids is 1. The molecule has 9 nitrogen and oxygen atoms in total. The number of ether oxygens (including phenoxy) is 1. The van der Waals surface area contributed by atoms with E-state index in [9.17, 15) is 13.2 Å². The highest BCUT2D eigenvalue weighted by molar-refractivity contribution is 7.85. The summed E-state index contributed by atoms with van der Waals surface area (Å²) in [6.07, 6.45) is 0.441. The summed E-state index contributed by atoms with van der Waals surface area (Å²) in [7, 11) is -4.00. The number of benzene rings is 3. The number of rotatable bonds is 5. The van der Waals surface area contributed by atoms with Crippen molar-refractivity contribution in [2.45, 2.75) is 17.4 Å². The first-order valence-corrected chi connectivity index (χ1v) is 14.4. The van der Waals surface area contributed by atoms with Crippen molar-refractivity contribution < 1.29 is 22.5 Å². The van der Waals surface area contributed by atoms with E-state index in [1.807, 2.05) is 29.3 Å². The van der Waals surface area contributed by atoms with Gasteiger partial charge < -0.3 is 4.74 Å². The molecule has 0 aliphatic carbocycles. The molecule has 0 bridgehead atoms. The third kappa shape index (κ3) is 7.92. The normalized spacial score (nSPS) is 17.7. The lowest BCUT2D eigenvalue weighted by atomic mass is 10.0. The van der Waals surface area contributed by atoms with Gasteiger partial charge in [0.2, 0.25) is 0 Å². The van der Waals surface area contributed by atoms with Crippen molar-refractivity contribution in [3.63, 3.8) is 0 Å². The van der Waals surface area contributed by atoms with Crippen LogP contribution in [0.5, 0.6) is 0 Å². The van der Waals surface area contributed by atoms with E-state index in [1.54, 1.807) is 41.4 Å². The fourth-order valence-corrected chi connectivity index (χ4v) is 5.08. The van der Waals surface area contributed by atoms with E-state index in [0.717, 1.165) is 5.56 Å². The fraction of sp³-hybridized carbons (Fsp3) is 0.231. The molecule has 3 aromatic carbocycles. The van der Waals surface area contributed by atoms with Crippen molar-refractivity contribution in [3.05, 3.63) is 93.4 Å². The Balaban J connectivity index is 0.000000298. The van der Waals surface area contributed by atoms with Gasteiger partial charge in [0.1, 0.15) is 5.71 Å². The van der Waals surface area contributed by atoms with E-state index in [-0.39, 0.29) is 16.8 Å². The highest BCUT2D eigenvalue weighted by Crippen LogP contribution is 2.39. The second-order valence-electron chi connectivity index (χ2n) is 8.59. The average molecular weight is 612 g/mol. The largest absolute Gasteiger partial charge is 0.379 e. The quantitative estimate of drug-likeness (QED) is 0.379. The van der Waals surface area contributed by atoms with Gasteiger partial charge in [-0.3, -0.25) is 19.8 Å². The summed E-state index contributed by atoms with van der Waals surface area (Å²) in [6.45, 7) is 2.47. The van der Waals surface area contributed by atoms with Crippen LogP contribution in [0.15, 0.2) is 82.8 Å². The number of nitrogens with zero attached hydrogens (tertiary/aromatic N) is 3. The molecular weight excluding hydrogens is 587 g/mol. The standard InChI is InChI=1S/C20H19Cl3N4O2.C6H6O3S/c21-14-3-1-13(2-4-14)19-12-17(20(28)25-26-7-9-29-10-8-26)24-27(19)18-6-5-15(22)11-16(18)23;7-10(8,9)6-4-2-1-3-5-6/h1-6,11,19H,7-10,12H2,(H,25,28);1-5H,(H,7,8,9). The minimum Gasteiger partial charge on any atom is -0.379 e. The summed E-state index contributed by atoms with van der Waals surface area (Å²) in [5.41, 5.74) is 5.02. The van der Waals surface area contributed by atoms with E-state index in [0.29, 0.717) is 59.2 Å². The summed E-state index contributed by atoms with van der Waals surface area (Å²) < 4.78 is 34.6. The maximum atomic E-state index is 12.8. The molecule has 2 aliphatic rings. The van der Waals surface area contributed by atoms with E-state index >= 15 is 0 Å². The maximum absolute atomic E-state index is 12.8. The molecule has 3 aromatic rings. The molecule has 1 amide bonds. The number of nitrogens with one attached hydrogen (secondary N) is 1. The van der Waals surface area contributed by atoms with E-state index in [2.05, 4.69) is 10.5 Å². The molecule has 2 N–H and O–H groups in total. The van der Waals surface area contributed by atoms with Gasteiger partial charge in [-0.2, -0.15) is 13.5 Å². The number of anilines is 1. The summed E-state index contributed by atoms with van der Waals surface area (Å²) in [5.74, 6) is -0.224. The van der Waals surface area contributed by atoms with Crippen LogP contribution in [0.25, 0.3) is 0 Å². The number of hydrazone groups is 1. The van der Waals surface area contributed by atoms with Gasteiger partial charge in [0.05, 0.1) is 34.9 Å². The zero-order chi connectivity index (χ0) is 28.0. The Morgan fingerprint density at radius 2 is 1.59 bits per heavy atom. The summed E-state index contributed by atoms with van der Waals surface area (Å²) in [4.78, 5) is 12.8. The van der Waals surface area contributed by atoms with Crippen molar-refractivity contribution >= 4 is 62.2 Å². The summed E-state index contributed by atoms with van der Waals surface area (Å²) >= 11 is 18.5. The van der Waals surface area contributed by atoms with Gasteiger partial charge in [0.15, 0.2) is 0 Å². The molecule has 0 saturated carbocycles. The Hall–Kier alpha value is -2.70. The van der Waals surface area contributed by atoms with Crippen LogP contribution in [-0.4, -0.2) is 55.9 Å². The Kier molecular flexibility index (Phi) is 9.84. The summed E-state index contributed by atoms with van der Waals surface area (Å²) in [5, 5.41) is 9.89. The van der Waals surface area contributed by atoms with Crippen LogP contribution in [0.2, 0.25) is 15.1 Å². The van der Waals surface area contributed by atoms with Crippen molar-refractivity contribution in [1.82, 2.24) is 10.4 Å². The minimum absolute atomic E-state index is 0.0741. The molecule has 0 radical (unpaired) electrons. The smallest absolute Gasteiger partial charge is 0.294 e. The fourth-order valence-electron chi connectivity index (χ4n) is 3.96. The van der Waals surface area contributed by atoms with E-state index in [4.69, 9.17) is 44.1 Å². The Bertz CT molecular complexity index is 1430. The van der Waals surface area contributed by atoms with Crippen LogP contribution in [0.3, 0.4) is 0 Å². The lowest BCUT2D eigenvalue weighted by Crippen LogP contribution is -2.50. The zero-order valence-electron chi connectivity index (χ0n) is 20.5. The van der Waals surface area contributed by atoms with Crippen LogP contribution in [0.1, 0.15) is 18.0 Å². The number of hydrazine groups is 1. The molecule has 1 saturated heterocycles. The lowest BCUT2D eigenvalue weighted by molar-refractivity contribution is -0.121. The molecule has 2 aliphatic heterocycles. The number of hydrogen-bond donors (Lipinski definition) is 2. The van der Waals surface area contributed by atoms with Gasteiger partial charge in [-0.15, -0.1) is 0 Å². The molecule has 1 atom stereocenters. The van der Waals surface area contributed by atoms with Crippen molar-refractivity contribution in [2.24, 2.45) is 5.10 Å².